The number of aliphatic imine (C=N–C) groups is 1. The molecule has 1 aliphatic carbocycles. The van der Waals surface area contributed by atoms with Crippen LogP contribution in [0.25, 0.3) is 5.69 Å². The van der Waals surface area contributed by atoms with Gasteiger partial charge in [0.2, 0.25) is 0 Å². The Balaban J connectivity index is 1.68. The van der Waals surface area contributed by atoms with Crippen molar-refractivity contribution in [1.82, 2.24) is 14.8 Å². The van der Waals surface area contributed by atoms with Gasteiger partial charge in [-0.2, -0.15) is 8.42 Å². The van der Waals surface area contributed by atoms with Crippen molar-refractivity contribution in [2.24, 2.45) is 4.99 Å². The van der Waals surface area contributed by atoms with E-state index in [9.17, 15) is 8.42 Å². The molecule has 1 fully saturated rings. The molecule has 32 heavy (non-hydrogen) atoms. The number of methoxy groups -OCH3 is 1. The molecule has 0 radical (unpaired) electrons. The van der Waals surface area contributed by atoms with Crippen LogP contribution in [0.5, 0.6) is 5.75 Å². The first-order valence-corrected chi connectivity index (χ1v) is 12.0. The molecule has 1 saturated carbocycles. The molecule has 0 unspecified atom stereocenters. The van der Waals surface area contributed by atoms with Gasteiger partial charge < -0.3 is 4.74 Å². The molecular weight excluding hydrogens is 452 g/mol. The highest BCUT2D eigenvalue weighted by Gasteiger charge is 2.38. The number of rotatable bonds is 6. The quantitative estimate of drug-likeness (QED) is 0.508. The maximum atomic E-state index is 12.4. The number of hydrogen-bond acceptors (Lipinski definition) is 7. The van der Waals surface area contributed by atoms with Gasteiger partial charge in [0.15, 0.2) is 5.82 Å². The third-order valence-electron chi connectivity index (χ3n) is 5.57. The molecule has 1 atom stereocenters. The third kappa shape index (κ3) is 3.80. The molecule has 0 amide bonds. The van der Waals surface area contributed by atoms with E-state index in [2.05, 4.69) is 10.2 Å². The van der Waals surface area contributed by atoms with Crippen molar-refractivity contribution < 1.29 is 17.3 Å². The van der Waals surface area contributed by atoms with Gasteiger partial charge in [0, 0.05) is 16.1 Å². The summed E-state index contributed by atoms with van der Waals surface area (Å²) in [4.78, 5) is 4.93. The molecule has 0 N–H and O–H groups in total. The van der Waals surface area contributed by atoms with Gasteiger partial charge in [-0.15, -0.1) is 10.2 Å². The van der Waals surface area contributed by atoms with Gasteiger partial charge in [-0.05, 0) is 50.1 Å². The molecule has 3 aromatic rings. The zero-order valence-electron chi connectivity index (χ0n) is 17.5. The van der Waals surface area contributed by atoms with E-state index in [0.717, 1.165) is 16.8 Å². The fraction of sp³-hybridized carbons (Fsp3) is 0.318. The second kappa shape index (κ2) is 7.99. The number of benzene rings is 2. The normalized spacial score (nSPS) is 17.8. The van der Waals surface area contributed by atoms with Crippen LogP contribution in [0.3, 0.4) is 0 Å². The molecule has 1 aromatic heterocycles. The topological polar surface area (TPSA) is 95.7 Å². The van der Waals surface area contributed by atoms with Crippen LogP contribution >= 0.6 is 11.6 Å². The summed E-state index contributed by atoms with van der Waals surface area (Å²) in [7, 11) is -2.02. The number of halogens is 1. The largest absolute Gasteiger partial charge is 0.497 e. The standard InChI is InChI=1S/C22H21ClN4O4S/c1-13-25-26-22-19(12-31-32(28,29)17-8-9-17)24-21(14-3-5-15(23)6-4-14)18-11-16(30-2)7-10-20(18)27(13)22/h3-7,10-11,17,19H,8-9,12H2,1-2H3/t19-/m0/s1. The Morgan fingerprint density at radius 2 is 1.88 bits per heavy atom. The highest BCUT2D eigenvalue weighted by atomic mass is 35.5. The van der Waals surface area contributed by atoms with E-state index in [1.54, 1.807) is 19.2 Å². The third-order valence-corrected chi connectivity index (χ3v) is 7.58. The molecule has 1 aliphatic heterocycles. The highest BCUT2D eigenvalue weighted by Crippen LogP contribution is 2.35. The van der Waals surface area contributed by atoms with E-state index in [1.807, 2.05) is 41.8 Å². The van der Waals surface area contributed by atoms with E-state index in [1.165, 1.54) is 0 Å². The molecule has 5 rings (SSSR count). The fourth-order valence-corrected chi connectivity index (χ4v) is 5.11. The van der Waals surface area contributed by atoms with Gasteiger partial charge in [-0.3, -0.25) is 13.7 Å². The van der Waals surface area contributed by atoms with Crippen LogP contribution in [0.2, 0.25) is 5.02 Å². The summed E-state index contributed by atoms with van der Waals surface area (Å²) in [6.45, 7) is 1.69. The lowest BCUT2D eigenvalue weighted by molar-refractivity contribution is 0.288. The van der Waals surface area contributed by atoms with Gasteiger partial charge in [0.25, 0.3) is 10.1 Å². The van der Waals surface area contributed by atoms with Crippen LogP contribution in [0.4, 0.5) is 0 Å². The van der Waals surface area contributed by atoms with Gasteiger partial charge in [-0.25, -0.2) is 0 Å². The number of hydrogen-bond donors (Lipinski definition) is 0. The Morgan fingerprint density at radius 1 is 1.12 bits per heavy atom. The average molecular weight is 473 g/mol. The Morgan fingerprint density at radius 3 is 2.56 bits per heavy atom. The minimum atomic E-state index is -3.62. The van der Waals surface area contributed by atoms with Crippen molar-refractivity contribution in [1.29, 1.82) is 0 Å². The fourth-order valence-electron chi connectivity index (χ4n) is 3.76. The summed E-state index contributed by atoms with van der Waals surface area (Å²) in [5.74, 6) is 1.85. The lowest BCUT2D eigenvalue weighted by atomic mass is 10.00. The number of aryl methyl sites for hydroxylation is 1. The average Bonchev–Trinajstić information content (AvgIpc) is 3.59. The van der Waals surface area contributed by atoms with Crippen LogP contribution in [-0.2, 0) is 14.3 Å². The maximum Gasteiger partial charge on any atom is 0.270 e. The number of ether oxygens (including phenoxy) is 1. The van der Waals surface area contributed by atoms with E-state index >= 15 is 0 Å². The second-order valence-corrected chi connectivity index (χ2v) is 10.1. The molecular formula is C22H21ClN4O4S. The summed E-state index contributed by atoms with van der Waals surface area (Å²) < 4.78 is 37.5. The summed E-state index contributed by atoms with van der Waals surface area (Å²) in [5, 5.41) is 8.73. The molecule has 2 heterocycles. The van der Waals surface area contributed by atoms with Crippen LogP contribution in [0.15, 0.2) is 47.5 Å². The molecule has 2 aromatic carbocycles. The van der Waals surface area contributed by atoms with Crippen molar-refractivity contribution in [2.45, 2.75) is 31.1 Å². The predicted molar refractivity (Wildman–Crippen MR) is 120 cm³/mol. The Bertz CT molecular complexity index is 1310. The first-order valence-electron chi connectivity index (χ1n) is 10.2. The molecule has 0 bridgehead atoms. The molecule has 8 nitrogen and oxygen atoms in total. The molecule has 2 aliphatic rings. The first kappa shape index (κ1) is 21.1. The van der Waals surface area contributed by atoms with Crippen molar-refractivity contribution in [2.75, 3.05) is 13.7 Å². The highest BCUT2D eigenvalue weighted by molar-refractivity contribution is 7.87. The van der Waals surface area contributed by atoms with Gasteiger partial charge in [0.05, 0.1) is 30.4 Å². The van der Waals surface area contributed by atoms with E-state index < -0.39 is 21.4 Å². The van der Waals surface area contributed by atoms with E-state index in [4.69, 9.17) is 25.5 Å². The van der Waals surface area contributed by atoms with Crippen molar-refractivity contribution >= 4 is 27.4 Å². The minimum Gasteiger partial charge on any atom is -0.497 e. The van der Waals surface area contributed by atoms with Crippen LogP contribution in [0, 0.1) is 6.92 Å². The van der Waals surface area contributed by atoms with Gasteiger partial charge in [-0.1, -0.05) is 23.7 Å². The van der Waals surface area contributed by atoms with Crippen LogP contribution in [-0.4, -0.2) is 47.9 Å². The van der Waals surface area contributed by atoms with Gasteiger partial charge in [0.1, 0.15) is 17.6 Å². The van der Waals surface area contributed by atoms with Crippen molar-refractivity contribution in [3.63, 3.8) is 0 Å². The van der Waals surface area contributed by atoms with Crippen molar-refractivity contribution in [3.05, 3.63) is 70.3 Å². The first-order chi connectivity index (χ1) is 15.4. The number of fused-ring (bicyclic) bond motifs is 3. The lowest BCUT2D eigenvalue weighted by Gasteiger charge is -2.14. The van der Waals surface area contributed by atoms with Crippen LogP contribution in [0.1, 0.15) is 41.7 Å². The number of nitrogens with zero attached hydrogens (tertiary/aromatic N) is 4. The lowest BCUT2D eigenvalue weighted by Crippen LogP contribution is -2.18. The van der Waals surface area contributed by atoms with Gasteiger partial charge >= 0.3 is 0 Å². The maximum absolute atomic E-state index is 12.4. The Hall–Kier alpha value is -2.75. The van der Waals surface area contributed by atoms with Crippen LogP contribution < -0.4 is 4.74 Å². The monoisotopic (exact) mass is 472 g/mol. The SMILES string of the molecule is COc1ccc2c(c1)C(c1ccc(Cl)cc1)=N[C@@H](COS(=O)(=O)C1CC1)c1nnc(C)n1-2. The predicted octanol–water partition coefficient (Wildman–Crippen LogP) is 3.64. The van der Waals surface area contributed by atoms with Crippen molar-refractivity contribution in [3.8, 4) is 11.4 Å². The summed E-state index contributed by atoms with van der Waals surface area (Å²) in [6.07, 6.45) is 1.26. The number of aromatic nitrogens is 3. The van der Waals surface area contributed by atoms with E-state index in [-0.39, 0.29) is 6.61 Å². The summed E-state index contributed by atoms with van der Waals surface area (Å²) >= 11 is 6.10. The minimum absolute atomic E-state index is 0.154. The molecule has 10 heteroatoms. The molecule has 0 saturated heterocycles. The Kier molecular flexibility index (Phi) is 5.27. The zero-order chi connectivity index (χ0) is 22.5. The molecule has 166 valence electrons. The molecule has 0 spiro atoms. The Labute approximate surface area is 191 Å². The van der Waals surface area contributed by atoms with E-state index in [0.29, 0.717) is 41.0 Å². The zero-order valence-corrected chi connectivity index (χ0v) is 19.1. The second-order valence-electron chi connectivity index (χ2n) is 7.80. The summed E-state index contributed by atoms with van der Waals surface area (Å²) in [6, 6.07) is 12.3. The smallest absolute Gasteiger partial charge is 0.270 e. The summed E-state index contributed by atoms with van der Waals surface area (Å²) in [5.41, 5.74) is 3.13.